The number of hydrogen-bond donors (Lipinski definition) is 1. The van der Waals surface area contributed by atoms with Crippen molar-refractivity contribution in [3.05, 3.63) is 83.8 Å². The lowest BCUT2D eigenvalue weighted by Crippen LogP contribution is -2.48. The van der Waals surface area contributed by atoms with Crippen LogP contribution in [0.3, 0.4) is 0 Å². The van der Waals surface area contributed by atoms with Gasteiger partial charge in [0, 0.05) is 56.7 Å². The first-order chi connectivity index (χ1) is 15.0. The Hall–Kier alpha value is -3.09. The van der Waals surface area contributed by atoms with Crippen molar-refractivity contribution in [1.82, 2.24) is 15.2 Å². The van der Waals surface area contributed by atoms with Gasteiger partial charge < -0.3 is 10.2 Å². The summed E-state index contributed by atoms with van der Waals surface area (Å²) in [6, 6.07) is 18.3. The van der Waals surface area contributed by atoms with Crippen LogP contribution in [0.4, 0.5) is 10.1 Å². The first-order valence-corrected chi connectivity index (χ1v) is 10.5. The van der Waals surface area contributed by atoms with Crippen LogP contribution in [0, 0.1) is 5.82 Å². The molecule has 0 spiro atoms. The van der Waals surface area contributed by atoms with E-state index in [1.165, 1.54) is 17.7 Å². The molecular formula is C25H27FN4O. The molecule has 1 aromatic heterocycles. The van der Waals surface area contributed by atoms with Crippen LogP contribution in [-0.2, 0) is 6.54 Å². The minimum atomic E-state index is -0.286. The number of nitrogens with one attached hydrogen (secondary N) is 1. The number of anilines is 1. The maximum Gasteiger partial charge on any atom is 0.259 e. The van der Waals surface area contributed by atoms with Gasteiger partial charge in [-0.3, -0.25) is 14.7 Å². The molecule has 2 aromatic carbocycles. The highest BCUT2D eigenvalue weighted by atomic mass is 19.1. The molecule has 0 bridgehead atoms. The lowest BCUT2D eigenvalue weighted by molar-refractivity contribution is 0.0992. The number of carbonyl (C=O) groups is 1. The van der Waals surface area contributed by atoms with Crippen LogP contribution in [0.25, 0.3) is 11.3 Å². The summed E-state index contributed by atoms with van der Waals surface area (Å²) in [7, 11) is 1.77. The highest BCUT2D eigenvalue weighted by Gasteiger charge is 2.17. The standard InChI is InChI=1S/C25H27FN4O/c1-18-16-30(14-13-27-18)17-19-3-10-23(11-4-19)29(2)25(31)21-7-12-24(28-15-21)20-5-8-22(26)9-6-20/h3-12,15,18,27H,13-14,16-17H2,1-2H3/t18-/m1/s1. The minimum absolute atomic E-state index is 0.123. The fourth-order valence-corrected chi connectivity index (χ4v) is 3.86. The summed E-state index contributed by atoms with van der Waals surface area (Å²) in [6.07, 6.45) is 1.57. The summed E-state index contributed by atoms with van der Waals surface area (Å²) >= 11 is 0. The molecule has 0 unspecified atom stereocenters. The summed E-state index contributed by atoms with van der Waals surface area (Å²) in [4.78, 5) is 21.4. The number of rotatable bonds is 5. The molecule has 1 aliphatic rings. The maximum atomic E-state index is 13.1. The number of nitrogens with zero attached hydrogens (tertiary/aromatic N) is 3. The molecule has 1 fully saturated rings. The van der Waals surface area contributed by atoms with E-state index in [-0.39, 0.29) is 11.7 Å². The molecule has 6 heteroatoms. The van der Waals surface area contributed by atoms with Crippen molar-refractivity contribution in [2.75, 3.05) is 31.6 Å². The topological polar surface area (TPSA) is 48.5 Å². The Kier molecular flexibility index (Phi) is 6.39. The summed E-state index contributed by atoms with van der Waals surface area (Å²) in [6.45, 7) is 6.23. The maximum absolute atomic E-state index is 13.1. The average molecular weight is 419 g/mol. The first-order valence-electron chi connectivity index (χ1n) is 10.5. The summed E-state index contributed by atoms with van der Waals surface area (Å²) in [5.41, 5.74) is 4.09. The van der Waals surface area contributed by atoms with E-state index in [2.05, 4.69) is 34.3 Å². The molecule has 4 rings (SSSR count). The van der Waals surface area contributed by atoms with E-state index < -0.39 is 0 Å². The van der Waals surface area contributed by atoms with E-state index in [0.29, 0.717) is 17.3 Å². The molecule has 2 heterocycles. The van der Waals surface area contributed by atoms with Crippen molar-refractivity contribution in [3.8, 4) is 11.3 Å². The quantitative estimate of drug-likeness (QED) is 0.682. The number of amides is 1. The van der Waals surface area contributed by atoms with E-state index in [1.54, 1.807) is 42.4 Å². The third kappa shape index (κ3) is 5.16. The van der Waals surface area contributed by atoms with Gasteiger partial charge in [0.2, 0.25) is 0 Å². The van der Waals surface area contributed by atoms with Crippen LogP contribution < -0.4 is 10.2 Å². The van der Waals surface area contributed by atoms with Gasteiger partial charge >= 0.3 is 0 Å². The van der Waals surface area contributed by atoms with E-state index in [1.807, 2.05) is 12.1 Å². The largest absolute Gasteiger partial charge is 0.312 e. The summed E-state index contributed by atoms with van der Waals surface area (Å²) in [5, 5.41) is 3.46. The lowest BCUT2D eigenvalue weighted by Gasteiger charge is -2.31. The number of aromatic nitrogens is 1. The molecule has 31 heavy (non-hydrogen) atoms. The average Bonchev–Trinajstić information content (AvgIpc) is 2.79. The van der Waals surface area contributed by atoms with Gasteiger partial charge in [-0.2, -0.15) is 0 Å². The number of halogens is 1. The number of hydrogen-bond acceptors (Lipinski definition) is 4. The van der Waals surface area contributed by atoms with Crippen LogP contribution >= 0.6 is 0 Å². The van der Waals surface area contributed by atoms with Crippen LogP contribution in [0.2, 0.25) is 0 Å². The Morgan fingerprint density at radius 2 is 1.87 bits per heavy atom. The molecule has 3 aromatic rings. The molecule has 0 radical (unpaired) electrons. The molecule has 1 amide bonds. The van der Waals surface area contributed by atoms with Gasteiger partial charge in [-0.05, 0) is 61.0 Å². The van der Waals surface area contributed by atoms with E-state index in [4.69, 9.17) is 0 Å². The Balaban J connectivity index is 1.41. The second kappa shape index (κ2) is 9.37. The van der Waals surface area contributed by atoms with Crippen molar-refractivity contribution in [1.29, 1.82) is 0 Å². The number of benzene rings is 2. The van der Waals surface area contributed by atoms with Gasteiger partial charge in [0.1, 0.15) is 5.82 Å². The Morgan fingerprint density at radius 3 is 2.52 bits per heavy atom. The number of carbonyl (C=O) groups excluding carboxylic acids is 1. The fraction of sp³-hybridized carbons (Fsp3) is 0.280. The van der Waals surface area contributed by atoms with Crippen molar-refractivity contribution in [2.24, 2.45) is 0 Å². The minimum Gasteiger partial charge on any atom is -0.312 e. The van der Waals surface area contributed by atoms with Crippen molar-refractivity contribution in [2.45, 2.75) is 19.5 Å². The van der Waals surface area contributed by atoms with Gasteiger partial charge in [-0.25, -0.2) is 4.39 Å². The van der Waals surface area contributed by atoms with Crippen LogP contribution in [-0.4, -0.2) is 48.5 Å². The third-order valence-electron chi connectivity index (χ3n) is 5.64. The molecule has 5 nitrogen and oxygen atoms in total. The molecule has 1 saturated heterocycles. The predicted molar refractivity (Wildman–Crippen MR) is 122 cm³/mol. The monoisotopic (exact) mass is 418 g/mol. The molecule has 1 aliphatic heterocycles. The zero-order valence-electron chi connectivity index (χ0n) is 17.9. The highest BCUT2D eigenvalue weighted by Crippen LogP contribution is 2.20. The van der Waals surface area contributed by atoms with E-state index in [9.17, 15) is 9.18 Å². The second-order valence-corrected chi connectivity index (χ2v) is 8.06. The second-order valence-electron chi connectivity index (χ2n) is 8.06. The summed E-state index contributed by atoms with van der Waals surface area (Å²) < 4.78 is 13.1. The smallest absolute Gasteiger partial charge is 0.259 e. The van der Waals surface area contributed by atoms with Gasteiger partial charge in [0.15, 0.2) is 0 Å². The highest BCUT2D eigenvalue weighted by molar-refractivity contribution is 6.05. The SMILES string of the molecule is C[C@@H]1CN(Cc2ccc(N(C)C(=O)c3ccc(-c4ccc(F)cc4)nc3)cc2)CCN1. The van der Waals surface area contributed by atoms with Gasteiger partial charge in [-0.15, -0.1) is 0 Å². The van der Waals surface area contributed by atoms with Gasteiger partial charge in [-0.1, -0.05) is 12.1 Å². The Bertz CT molecular complexity index is 1020. The molecule has 0 saturated carbocycles. The lowest BCUT2D eigenvalue weighted by atomic mass is 10.1. The normalized spacial score (nSPS) is 16.8. The molecule has 160 valence electrons. The van der Waals surface area contributed by atoms with E-state index >= 15 is 0 Å². The molecule has 0 aliphatic carbocycles. The number of pyridine rings is 1. The Labute approximate surface area is 182 Å². The zero-order valence-corrected chi connectivity index (χ0v) is 17.9. The molecular weight excluding hydrogens is 391 g/mol. The van der Waals surface area contributed by atoms with Crippen LogP contribution in [0.5, 0.6) is 0 Å². The first kappa shape index (κ1) is 21.2. The van der Waals surface area contributed by atoms with Gasteiger partial charge in [0.05, 0.1) is 11.3 Å². The predicted octanol–water partition coefficient (Wildman–Crippen LogP) is 3.96. The Morgan fingerprint density at radius 1 is 1.13 bits per heavy atom. The molecule has 1 N–H and O–H groups in total. The summed E-state index contributed by atoms with van der Waals surface area (Å²) in [5.74, 6) is -0.410. The van der Waals surface area contributed by atoms with Gasteiger partial charge in [0.25, 0.3) is 5.91 Å². The third-order valence-corrected chi connectivity index (χ3v) is 5.64. The zero-order chi connectivity index (χ0) is 21.8. The van der Waals surface area contributed by atoms with E-state index in [0.717, 1.165) is 37.4 Å². The van der Waals surface area contributed by atoms with Crippen LogP contribution in [0.1, 0.15) is 22.8 Å². The number of piperazine rings is 1. The fourth-order valence-electron chi connectivity index (χ4n) is 3.86. The van der Waals surface area contributed by atoms with Crippen molar-refractivity contribution >= 4 is 11.6 Å². The molecule has 1 atom stereocenters. The van der Waals surface area contributed by atoms with Crippen molar-refractivity contribution in [3.63, 3.8) is 0 Å². The van der Waals surface area contributed by atoms with Crippen molar-refractivity contribution < 1.29 is 9.18 Å². The van der Waals surface area contributed by atoms with Crippen LogP contribution in [0.15, 0.2) is 66.9 Å².